The van der Waals surface area contributed by atoms with E-state index in [2.05, 4.69) is 42.0 Å². The molecule has 1 unspecified atom stereocenters. The fourth-order valence-corrected chi connectivity index (χ4v) is 4.18. The molecule has 182 valence electrons. The van der Waals surface area contributed by atoms with Crippen molar-refractivity contribution >= 4 is 5.91 Å². The molecule has 7 nitrogen and oxygen atoms in total. The number of dihydropyridines is 1. The molecule has 0 saturated carbocycles. The normalized spacial score (nSPS) is 22.6. The number of morpholine rings is 1. The fourth-order valence-electron chi connectivity index (χ4n) is 4.18. The van der Waals surface area contributed by atoms with Gasteiger partial charge in [0.2, 0.25) is 5.91 Å². The summed E-state index contributed by atoms with van der Waals surface area (Å²) in [5, 5.41) is 15.9. The highest BCUT2D eigenvalue weighted by Gasteiger charge is 2.25. The fraction of sp³-hybridized carbons (Fsp3) is 0.370. The maximum atomic E-state index is 12.7. The lowest BCUT2D eigenvalue weighted by Gasteiger charge is -2.39. The van der Waals surface area contributed by atoms with Gasteiger partial charge in [0, 0.05) is 29.9 Å². The van der Waals surface area contributed by atoms with Crippen LogP contribution in [0.4, 0.5) is 0 Å². The van der Waals surface area contributed by atoms with Crippen molar-refractivity contribution in [3.05, 3.63) is 95.0 Å². The molecule has 2 aliphatic heterocycles. The standard InChI is InChI=1S/C27H36N4O3/c1-5-21(12-11-18(2)27(33)30-25(17-32)22-9-7-6-8-10-22)24-13-23(14-29-26(24)28)31-15-19(3)34-20(4)16-31/h5-13,19-20,25,29,32H,1,14-17,28H2,2-4H3,(H,30,33)/b18-11+,21-12+/t19-,20?,25-/m1/s1. The number of ether oxygens (including phenoxy) is 1. The third-order valence-electron chi connectivity index (χ3n) is 5.98. The molecule has 1 aromatic rings. The Kier molecular flexibility index (Phi) is 8.73. The summed E-state index contributed by atoms with van der Waals surface area (Å²) in [6.07, 6.45) is 7.72. The second-order valence-electron chi connectivity index (χ2n) is 8.77. The Bertz CT molecular complexity index is 1000. The third kappa shape index (κ3) is 6.40. The van der Waals surface area contributed by atoms with Crippen molar-refractivity contribution in [2.75, 3.05) is 26.2 Å². The lowest BCUT2D eigenvalue weighted by atomic mass is 10.0. The van der Waals surface area contributed by atoms with Crippen molar-refractivity contribution < 1.29 is 14.6 Å². The Hall–Kier alpha value is -3.29. The summed E-state index contributed by atoms with van der Waals surface area (Å²) in [5.74, 6) is 0.322. The molecular weight excluding hydrogens is 428 g/mol. The molecule has 5 N–H and O–H groups in total. The summed E-state index contributed by atoms with van der Waals surface area (Å²) in [4.78, 5) is 15.0. The highest BCUT2D eigenvalue weighted by molar-refractivity contribution is 5.93. The molecule has 0 aliphatic carbocycles. The van der Waals surface area contributed by atoms with Crippen molar-refractivity contribution in [3.8, 4) is 0 Å². The molecule has 2 heterocycles. The molecule has 7 heteroatoms. The van der Waals surface area contributed by atoms with Crippen LogP contribution in [0.25, 0.3) is 0 Å². The van der Waals surface area contributed by atoms with Crippen LogP contribution in [0.1, 0.15) is 32.4 Å². The van der Waals surface area contributed by atoms with E-state index in [1.165, 1.54) is 0 Å². The van der Waals surface area contributed by atoms with E-state index in [-0.39, 0.29) is 24.7 Å². The average Bonchev–Trinajstić information content (AvgIpc) is 2.83. The van der Waals surface area contributed by atoms with Gasteiger partial charge in [-0.1, -0.05) is 55.1 Å². The zero-order valence-corrected chi connectivity index (χ0v) is 20.3. The number of rotatable bonds is 8. The van der Waals surface area contributed by atoms with Gasteiger partial charge in [0.25, 0.3) is 0 Å². The average molecular weight is 465 g/mol. The van der Waals surface area contributed by atoms with Gasteiger partial charge in [0.1, 0.15) is 5.82 Å². The maximum absolute atomic E-state index is 12.7. The minimum atomic E-state index is -0.468. The monoisotopic (exact) mass is 464 g/mol. The molecule has 34 heavy (non-hydrogen) atoms. The van der Waals surface area contributed by atoms with Gasteiger partial charge in [-0.05, 0) is 38.0 Å². The number of aliphatic hydroxyl groups is 1. The first-order valence-electron chi connectivity index (χ1n) is 11.6. The molecule has 1 aromatic carbocycles. The zero-order chi connectivity index (χ0) is 24.7. The number of carbonyl (C=O) groups is 1. The molecule has 3 atom stereocenters. The van der Waals surface area contributed by atoms with E-state index >= 15 is 0 Å². The maximum Gasteiger partial charge on any atom is 0.247 e. The van der Waals surface area contributed by atoms with Gasteiger partial charge in [-0.25, -0.2) is 0 Å². The first-order valence-corrected chi connectivity index (χ1v) is 11.6. The van der Waals surface area contributed by atoms with E-state index in [0.717, 1.165) is 35.5 Å². The van der Waals surface area contributed by atoms with Crippen LogP contribution >= 0.6 is 0 Å². The smallest absolute Gasteiger partial charge is 0.247 e. The van der Waals surface area contributed by atoms with Crippen molar-refractivity contribution in [3.63, 3.8) is 0 Å². The molecule has 3 rings (SSSR count). The number of benzene rings is 1. The molecule has 1 amide bonds. The molecule has 1 saturated heterocycles. The van der Waals surface area contributed by atoms with Crippen molar-refractivity contribution in [1.82, 2.24) is 15.5 Å². The van der Waals surface area contributed by atoms with Crippen molar-refractivity contribution in [2.24, 2.45) is 5.73 Å². The van der Waals surface area contributed by atoms with Crippen LogP contribution in [0, 0.1) is 0 Å². The first-order chi connectivity index (χ1) is 16.3. The van der Waals surface area contributed by atoms with E-state index < -0.39 is 6.04 Å². The van der Waals surface area contributed by atoms with Gasteiger partial charge in [-0.15, -0.1) is 0 Å². The Morgan fingerprint density at radius 3 is 2.59 bits per heavy atom. The summed E-state index contributed by atoms with van der Waals surface area (Å²) in [6.45, 7) is 12.0. The second kappa shape index (κ2) is 11.7. The van der Waals surface area contributed by atoms with E-state index in [1.54, 1.807) is 19.1 Å². The Balaban J connectivity index is 1.76. The van der Waals surface area contributed by atoms with Crippen molar-refractivity contribution in [2.45, 2.75) is 39.0 Å². The summed E-state index contributed by atoms with van der Waals surface area (Å²) in [6, 6.07) is 8.93. The topological polar surface area (TPSA) is 99.8 Å². The van der Waals surface area contributed by atoms with Crippen LogP contribution in [-0.4, -0.2) is 54.4 Å². The van der Waals surface area contributed by atoms with Crippen LogP contribution in [0.15, 0.2) is 89.5 Å². The number of nitrogens with one attached hydrogen (secondary N) is 2. The molecule has 0 radical (unpaired) electrons. The number of hydrogen-bond donors (Lipinski definition) is 4. The van der Waals surface area contributed by atoms with Gasteiger partial charge in [-0.2, -0.15) is 0 Å². The SMILES string of the molecule is C=C/C(=C\C=C(/C)C(=O)N[C@H](CO)c1ccccc1)C1=C(N)NCC(N2CC(C)O[C@H](C)C2)=C1. The van der Waals surface area contributed by atoms with Crippen LogP contribution in [0.2, 0.25) is 0 Å². The summed E-state index contributed by atoms with van der Waals surface area (Å²) < 4.78 is 5.86. The van der Waals surface area contributed by atoms with Crippen LogP contribution in [0.3, 0.4) is 0 Å². The lowest BCUT2D eigenvalue weighted by molar-refractivity contribution is -0.118. The van der Waals surface area contributed by atoms with Gasteiger partial charge in [0.15, 0.2) is 0 Å². The lowest BCUT2D eigenvalue weighted by Crippen LogP contribution is -2.47. The molecule has 0 spiro atoms. The van der Waals surface area contributed by atoms with Gasteiger partial charge < -0.3 is 31.1 Å². The number of nitrogens with zero attached hydrogens (tertiary/aromatic N) is 1. The number of carbonyl (C=O) groups excluding carboxylic acids is 1. The van der Waals surface area contributed by atoms with E-state index in [9.17, 15) is 9.90 Å². The number of nitrogens with two attached hydrogens (primary N) is 1. The number of allylic oxidation sites excluding steroid dienone is 6. The third-order valence-corrected chi connectivity index (χ3v) is 5.98. The molecule has 0 bridgehead atoms. The second-order valence-corrected chi connectivity index (χ2v) is 8.77. The predicted molar refractivity (Wildman–Crippen MR) is 135 cm³/mol. The molecular formula is C27H36N4O3. The number of aliphatic hydroxyl groups excluding tert-OH is 1. The highest BCUT2D eigenvalue weighted by atomic mass is 16.5. The van der Waals surface area contributed by atoms with E-state index in [0.29, 0.717) is 17.9 Å². The van der Waals surface area contributed by atoms with Gasteiger partial charge in [-0.3, -0.25) is 4.79 Å². The Morgan fingerprint density at radius 2 is 1.97 bits per heavy atom. The van der Waals surface area contributed by atoms with E-state index in [1.807, 2.05) is 36.4 Å². The highest BCUT2D eigenvalue weighted by Crippen LogP contribution is 2.24. The molecule has 1 fully saturated rings. The molecule has 0 aromatic heterocycles. The first kappa shape index (κ1) is 25.3. The van der Waals surface area contributed by atoms with Crippen molar-refractivity contribution in [1.29, 1.82) is 0 Å². The Labute approximate surface area is 202 Å². The Morgan fingerprint density at radius 1 is 1.29 bits per heavy atom. The quantitative estimate of drug-likeness (QED) is 0.349. The predicted octanol–water partition coefficient (Wildman–Crippen LogP) is 2.66. The van der Waals surface area contributed by atoms with E-state index in [4.69, 9.17) is 10.5 Å². The number of hydrogen-bond acceptors (Lipinski definition) is 6. The number of amides is 1. The summed E-state index contributed by atoms with van der Waals surface area (Å²) in [5.41, 5.74) is 10.4. The summed E-state index contributed by atoms with van der Waals surface area (Å²) in [7, 11) is 0. The minimum Gasteiger partial charge on any atom is -0.394 e. The molecule has 2 aliphatic rings. The van der Waals surface area contributed by atoms with Crippen LogP contribution in [-0.2, 0) is 9.53 Å². The zero-order valence-electron chi connectivity index (χ0n) is 20.3. The van der Waals surface area contributed by atoms with Crippen LogP contribution in [0.5, 0.6) is 0 Å². The van der Waals surface area contributed by atoms with Crippen LogP contribution < -0.4 is 16.4 Å². The van der Waals surface area contributed by atoms with Gasteiger partial charge >= 0.3 is 0 Å². The summed E-state index contributed by atoms with van der Waals surface area (Å²) >= 11 is 0. The minimum absolute atomic E-state index is 0.161. The van der Waals surface area contributed by atoms with Gasteiger partial charge in [0.05, 0.1) is 31.4 Å². The largest absolute Gasteiger partial charge is 0.394 e.